The van der Waals surface area contributed by atoms with Gasteiger partial charge in [-0.25, -0.2) is 0 Å². The SMILES string of the molecule is Cc1ccnc(-c2cccc3c2oc2c(C)cccc23)c1. The van der Waals surface area contributed by atoms with Gasteiger partial charge in [-0.1, -0.05) is 30.3 Å². The summed E-state index contributed by atoms with van der Waals surface area (Å²) in [7, 11) is 0. The van der Waals surface area contributed by atoms with Crippen LogP contribution < -0.4 is 0 Å². The maximum Gasteiger partial charge on any atom is 0.144 e. The standard InChI is InChI=1S/C19H15NO/c1-12-9-10-20-17(11-12)16-8-4-7-15-14-6-3-5-13(2)18(14)21-19(15)16/h3-11H,1-2H3. The third-order valence-electron chi connectivity index (χ3n) is 3.91. The van der Waals surface area contributed by atoms with Gasteiger partial charge >= 0.3 is 0 Å². The van der Waals surface area contributed by atoms with Crippen molar-refractivity contribution < 1.29 is 4.42 Å². The molecule has 0 saturated heterocycles. The molecule has 0 unspecified atom stereocenters. The van der Waals surface area contributed by atoms with Crippen LogP contribution in [0.3, 0.4) is 0 Å². The minimum Gasteiger partial charge on any atom is -0.455 e. The van der Waals surface area contributed by atoms with Crippen molar-refractivity contribution in [3.63, 3.8) is 0 Å². The van der Waals surface area contributed by atoms with Crippen LogP contribution in [0.15, 0.2) is 59.1 Å². The summed E-state index contributed by atoms with van der Waals surface area (Å²) in [6.45, 7) is 4.16. The molecule has 0 aliphatic heterocycles. The first-order valence-electron chi connectivity index (χ1n) is 7.08. The second-order valence-electron chi connectivity index (χ2n) is 5.45. The first-order valence-corrected chi connectivity index (χ1v) is 7.08. The lowest BCUT2D eigenvalue weighted by molar-refractivity contribution is 0.666. The average molecular weight is 273 g/mol. The van der Waals surface area contributed by atoms with Crippen LogP contribution in [0.2, 0.25) is 0 Å². The fourth-order valence-corrected chi connectivity index (χ4v) is 2.85. The number of hydrogen-bond acceptors (Lipinski definition) is 2. The van der Waals surface area contributed by atoms with Crippen LogP contribution in [-0.2, 0) is 0 Å². The number of pyridine rings is 1. The van der Waals surface area contributed by atoms with E-state index < -0.39 is 0 Å². The number of hydrogen-bond donors (Lipinski definition) is 0. The second kappa shape index (κ2) is 4.45. The molecule has 0 atom stereocenters. The predicted octanol–water partition coefficient (Wildman–Crippen LogP) is 5.26. The van der Waals surface area contributed by atoms with Crippen LogP contribution in [0.5, 0.6) is 0 Å². The summed E-state index contributed by atoms with van der Waals surface area (Å²) in [4.78, 5) is 4.49. The van der Waals surface area contributed by atoms with Crippen molar-refractivity contribution in [2.45, 2.75) is 13.8 Å². The van der Waals surface area contributed by atoms with Gasteiger partial charge in [0.05, 0.1) is 5.69 Å². The molecule has 0 N–H and O–H groups in total. The van der Waals surface area contributed by atoms with E-state index in [9.17, 15) is 0 Å². The zero-order chi connectivity index (χ0) is 14.4. The van der Waals surface area contributed by atoms with Crippen molar-refractivity contribution in [1.82, 2.24) is 4.98 Å². The Kier molecular flexibility index (Phi) is 2.58. The quantitative estimate of drug-likeness (QED) is 0.472. The molecule has 102 valence electrons. The number of benzene rings is 2. The molecule has 0 aliphatic rings. The molecule has 2 heterocycles. The zero-order valence-corrected chi connectivity index (χ0v) is 12.1. The van der Waals surface area contributed by atoms with Crippen molar-refractivity contribution in [2.75, 3.05) is 0 Å². The normalized spacial score (nSPS) is 11.3. The molecule has 2 heteroatoms. The predicted molar refractivity (Wildman–Crippen MR) is 86.4 cm³/mol. The van der Waals surface area contributed by atoms with Gasteiger partial charge in [0.25, 0.3) is 0 Å². The van der Waals surface area contributed by atoms with Gasteiger partial charge in [-0.15, -0.1) is 0 Å². The number of furan rings is 1. The largest absolute Gasteiger partial charge is 0.455 e. The third-order valence-corrected chi connectivity index (χ3v) is 3.91. The van der Waals surface area contributed by atoms with Crippen molar-refractivity contribution >= 4 is 21.9 Å². The maximum absolute atomic E-state index is 6.17. The first-order chi connectivity index (χ1) is 10.2. The molecule has 0 fully saturated rings. The van der Waals surface area contributed by atoms with Crippen LogP contribution in [0.25, 0.3) is 33.2 Å². The van der Waals surface area contributed by atoms with Gasteiger partial charge in [0, 0.05) is 22.5 Å². The summed E-state index contributed by atoms with van der Waals surface area (Å²) in [5.74, 6) is 0. The van der Waals surface area contributed by atoms with Crippen LogP contribution in [-0.4, -0.2) is 4.98 Å². The number of rotatable bonds is 1. The highest BCUT2D eigenvalue weighted by Gasteiger charge is 2.13. The molecule has 4 aromatic rings. The summed E-state index contributed by atoms with van der Waals surface area (Å²) in [6.07, 6.45) is 1.84. The van der Waals surface area contributed by atoms with Crippen LogP contribution in [0.4, 0.5) is 0 Å². The number of aryl methyl sites for hydroxylation is 2. The fourth-order valence-electron chi connectivity index (χ4n) is 2.85. The smallest absolute Gasteiger partial charge is 0.144 e. The number of nitrogens with zero attached hydrogens (tertiary/aromatic N) is 1. The van der Waals surface area contributed by atoms with Crippen LogP contribution >= 0.6 is 0 Å². The van der Waals surface area contributed by atoms with Crippen molar-refractivity contribution in [2.24, 2.45) is 0 Å². The van der Waals surface area contributed by atoms with E-state index in [1.54, 1.807) is 0 Å². The lowest BCUT2D eigenvalue weighted by atomic mass is 10.0. The molecular formula is C19H15NO. The molecule has 0 aliphatic carbocycles. The average Bonchev–Trinajstić information content (AvgIpc) is 2.87. The monoisotopic (exact) mass is 273 g/mol. The topological polar surface area (TPSA) is 26.0 Å². The van der Waals surface area contributed by atoms with Gasteiger partial charge in [-0.2, -0.15) is 0 Å². The Balaban J connectivity index is 2.11. The van der Waals surface area contributed by atoms with E-state index in [0.717, 1.165) is 33.4 Å². The van der Waals surface area contributed by atoms with Gasteiger partial charge in [0.15, 0.2) is 0 Å². The van der Waals surface area contributed by atoms with Crippen LogP contribution in [0, 0.1) is 13.8 Å². The number of fused-ring (bicyclic) bond motifs is 3. The van der Waals surface area contributed by atoms with Gasteiger partial charge < -0.3 is 4.42 Å². The second-order valence-corrected chi connectivity index (χ2v) is 5.45. The molecule has 2 nitrogen and oxygen atoms in total. The Labute approximate surface area is 123 Å². The Morgan fingerprint density at radius 3 is 2.43 bits per heavy atom. The van der Waals surface area contributed by atoms with Crippen molar-refractivity contribution in [1.29, 1.82) is 0 Å². The Hall–Kier alpha value is -2.61. The summed E-state index contributed by atoms with van der Waals surface area (Å²) in [5, 5.41) is 2.31. The lowest BCUT2D eigenvalue weighted by Crippen LogP contribution is -1.84. The first kappa shape index (κ1) is 12.2. The molecule has 2 aromatic heterocycles. The van der Waals surface area contributed by atoms with E-state index in [1.165, 1.54) is 10.9 Å². The highest BCUT2D eigenvalue weighted by atomic mass is 16.3. The third kappa shape index (κ3) is 1.83. The molecular weight excluding hydrogens is 258 g/mol. The van der Waals surface area contributed by atoms with Crippen molar-refractivity contribution in [3.05, 3.63) is 65.9 Å². The Morgan fingerprint density at radius 2 is 1.62 bits per heavy atom. The van der Waals surface area contributed by atoms with E-state index in [2.05, 4.69) is 61.3 Å². The molecule has 2 aromatic carbocycles. The molecule has 0 radical (unpaired) electrons. The Morgan fingerprint density at radius 1 is 0.857 bits per heavy atom. The molecule has 0 spiro atoms. The summed E-state index contributed by atoms with van der Waals surface area (Å²) in [6, 6.07) is 16.6. The van der Waals surface area contributed by atoms with E-state index in [4.69, 9.17) is 4.42 Å². The highest BCUT2D eigenvalue weighted by molar-refractivity contribution is 6.09. The minimum atomic E-state index is 0.917. The van der Waals surface area contributed by atoms with E-state index in [-0.39, 0.29) is 0 Å². The van der Waals surface area contributed by atoms with Gasteiger partial charge in [-0.05, 0) is 43.2 Å². The van der Waals surface area contributed by atoms with E-state index >= 15 is 0 Å². The summed E-state index contributed by atoms with van der Waals surface area (Å²) < 4.78 is 6.17. The van der Waals surface area contributed by atoms with E-state index in [0.29, 0.717) is 0 Å². The molecule has 21 heavy (non-hydrogen) atoms. The van der Waals surface area contributed by atoms with Gasteiger partial charge in [-0.3, -0.25) is 4.98 Å². The summed E-state index contributed by atoms with van der Waals surface area (Å²) in [5.41, 5.74) is 6.24. The molecule has 0 bridgehead atoms. The van der Waals surface area contributed by atoms with Crippen LogP contribution in [0.1, 0.15) is 11.1 Å². The van der Waals surface area contributed by atoms with E-state index in [1.807, 2.05) is 12.3 Å². The molecule has 4 rings (SSSR count). The maximum atomic E-state index is 6.17. The minimum absolute atomic E-state index is 0.917. The molecule has 0 saturated carbocycles. The lowest BCUT2D eigenvalue weighted by Gasteiger charge is -2.02. The number of aromatic nitrogens is 1. The van der Waals surface area contributed by atoms with Gasteiger partial charge in [0.2, 0.25) is 0 Å². The Bertz CT molecular complexity index is 966. The number of para-hydroxylation sites is 2. The van der Waals surface area contributed by atoms with Gasteiger partial charge in [0.1, 0.15) is 11.2 Å². The molecule has 0 amide bonds. The zero-order valence-electron chi connectivity index (χ0n) is 12.1. The van der Waals surface area contributed by atoms with Crippen molar-refractivity contribution in [3.8, 4) is 11.3 Å². The summed E-state index contributed by atoms with van der Waals surface area (Å²) >= 11 is 0. The highest BCUT2D eigenvalue weighted by Crippen LogP contribution is 2.36. The fraction of sp³-hybridized carbons (Fsp3) is 0.105.